The van der Waals surface area contributed by atoms with E-state index in [-0.39, 0.29) is 18.2 Å². The first-order chi connectivity index (χ1) is 13.6. The van der Waals surface area contributed by atoms with Crippen LogP contribution >= 0.6 is 0 Å². The Hall–Kier alpha value is -2.51. The molecular formula is C21H29N3O4. The third-order valence-electron chi connectivity index (χ3n) is 4.49. The Kier molecular flexibility index (Phi) is 7.33. The van der Waals surface area contributed by atoms with Gasteiger partial charge >= 0.3 is 6.03 Å². The van der Waals surface area contributed by atoms with Crippen LogP contribution in [0.4, 0.5) is 16.2 Å². The number of nitrogens with one attached hydrogen (secondary N) is 2. The van der Waals surface area contributed by atoms with Crippen molar-refractivity contribution in [3.05, 3.63) is 48.4 Å². The van der Waals surface area contributed by atoms with Gasteiger partial charge in [-0.3, -0.25) is 0 Å². The highest BCUT2D eigenvalue weighted by molar-refractivity contribution is 5.93. The summed E-state index contributed by atoms with van der Waals surface area (Å²) in [6.45, 7) is 7.29. The normalized spacial score (nSPS) is 19.4. The van der Waals surface area contributed by atoms with Crippen LogP contribution in [-0.2, 0) is 16.1 Å². The molecule has 3 rings (SSSR count). The van der Waals surface area contributed by atoms with Gasteiger partial charge < -0.3 is 29.4 Å². The van der Waals surface area contributed by atoms with E-state index in [1.165, 1.54) is 0 Å². The number of amides is 2. The maximum atomic E-state index is 12.3. The number of carbonyl (C=O) groups is 1. The number of anilines is 2. The minimum absolute atomic E-state index is 0.159. The monoisotopic (exact) mass is 387 g/mol. The van der Waals surface area contributed by atoms with Crippen molar-refractivity contribution >= 4 is 17.4 Å². The van der Waals surface area contributed by atoms with Gasteiger partial charge in [0.25, 0.3) is 0 Å². The molecule has 2 N–H and O–H groups in total. The van der Waals surface area contributed by atoms with Crippen molar-refractivity contribution in [2.45, 2.75) is 39.1 Å². The van der Waals surface area contributed by atoms with Crippen molar-refractivity contribution in [2.24, 2.45) is 0 Å². The van der Waals surface area contributed by atoms with E-state index in [0.29, 0.717) is 19.8 Å². The van der Waals surface area contributed by atoms with Crippen LogP contribution in [-0.4, -0.2) is 44.5 Å². The third kappa shape index (κ3) is 6.00. The summed E-state index contributed by atoms with van der Waals surface area (Å²) in [5.41, 5.74) is 1.82. The number of urea groups is 1. The minimum atomic E-state index is -0.215. The van der Waals surface area contributed by atoms with Crippen LogP contribution in [0.2, 0.25) is 0 Å². The first kappa shape index (κ1) is 20.2. The molecule has 0 spiro atoms. The highest BCUT2D eigenvalue weighted by atomic mass is 16.5. The predicted octanol–water partition coefficient (Wildman–Crippen LogP) is 3.62. The van der Waals surface area contributed by atoms with Gasteiger partial charge in [-0.15, -0.1) is 0 Å². The molecule has 1 aliphatic rings. The Balaban J connectivity index is 1.42. The maximum Gasteiger partial charge on any atom is 0.319 e. The Bertz CT molecular complexity index is 725. The Morgan fingerprint density at radius 1 is 1.18 bits per heavy atom. The van der Waals surface area contributed by atoms with Crippen molar-refractivity contribution in [2.75, 3.05) is 36.5 Å². The first-order valence-corrected chi connectivity index (χ1v) is 9.76. The van der Waals surface area contributed by atoms with Gasteiger partial charge in [-0.2, -0.15) is 0 Å². The van der Waals surface area contributed by atoms with Crippen molar-refractivity contribution in [1.29, 1.82) is 0 Å². The molecule has 0 radical (unpaired) electrons. The molecule has 1 saturated heterocycles. The molecule has 1 aliphatic heterocycles. The highest BCUT2D eigenvalue weighted by Gasteiger charge is 2.24. The van der Waals surface area contributed by atoms with Gasteiger partial charge in [0.05, 0.1) is 29.8 Å². The average molecular weight is 387 g/mol. The van der Waals surface area contributed by atoms with Crippen LogP contribution < -0.4 is 15.5 Å². The number of ether oxygens (including phenoxy) is 2. The van der Waals surface area contributed by atoms with E-state index in [9.17, 15) is 4.79 Å². The summed E-state index contributed by atoms with van der Waals surface area (Å²) in [7, 11) is 0. The van der Waals surface area contributed by atoms with E-state index in [1.54, 1.807) is 6.26 Å². The Labute approximate surface area is 166 Å². The average Bonchev–Trinajstić information content (AvgIpc) is 3.17. The van der Waals surface area contributed by atoms with E-state index in [1.807, 2.05) is 36.4 Å². The summed E-state index contributed by atoms with van der Waals surface area (Å²) in [5.74, 6) is 0.800. The summed E-state index contributed by atoms with van der Waals surface area (Å²) in [5, 5.41) is 5.84. The van der Waals surface area contributed by atoms with E-state index in [4.69, 9.17) is 13.9 Å². The van der Waals surface area contributed by atoms with Crippen LogP contribution in [0.3, 0.4) is 0 Å². The molecule has 7 heteroatoms. The zero-order valence-corrected chi connectivity index (χ0v) is 16.5. The quantitative estimate of drug-likeness (QED) is 0.677. The van der Waals surface area contributed by atoms with E-state index in [2.05, 4.69) is 29.4 Å². The molecule has 2 atom stereocenters. The summed E-state index contributed by atoms with van der Waals surface area (Å²) < 4.78 is 16.5. The fraction of sp³-hybridized carbons (Fsp3) is 0.476. The van der Waals surface area contributed by atoms with Crippen LogP contribution in [0, 0.1) is 0 Å². The van der Waals surface area contributed by atoms with Gasteiger partial charge in [0.2, 0.25) is 0 Å². The van der Waals surface area contributed by atoms with Crippen LogP contribution in [0.5, 0.6) is 0 Å². The largest absolute Gasteiger partial charge is 0.467 e. The van der Waals surface area contributed by atoms with Crippen molar-refractivity contribution in [3.8, 4) is 0 Å². The summed E-state index contributed by atoms with van der Waals surface area (Å²) in [6, 6.07) is 11.4. The van der Waals surface area contributed by atoms with Gasteiger partial charge in [-0.25, -0.2) is 4.79 Å². The number of morpholine rings is 1. The molecule has 0 saturated carbocycles. The molecule has 1 aromatic heterocycles. The molecule has 1 aromatic carbocycles. The minimum Gasteiger partial charge on any atom is -0.467 e. The Morgan fingerprint density at radius 3 is 2.71 bits per heavy atom. The maximum absolute atomic E-state index is 12.3. The fourth-order valence-corrected chi connectivity index (χ4v) is 3.34. The first-order valence-electron chi connectivity index (χ1n) is 9.76. The topological polar surface area (TPSA) is 76.0 Å². The molecule has 2 heterocycles. The third-order valence-corrected chi connectivity index (χ3v) is 4.49. The fourth-order valence-electron chi connectivity index (χ4n) is 3.34. The number of nitrogens with zero attached hydrogens (tertiary/aromatic N) is 1. The highest BCUT2D eigenvalue weighted by Crippen LogP contribution is 2.28. The van der Waals surface area contributed by atoms with E-state index < -0.39 is 0 Å². The molecule has 152 valence electrons. The second kappa shape index (κ2) is 10.1. The molecule has 28 heavy (non-hydrogen) atoms. The van der Waals surface area contributed by atoms with Crippen molar-refractivity contribution < 1.29 is 18.7 Å². The zero-order chi connectivity index (χ0) is 19.8. The number of carbonyl (C=O) groups excluding carboxylic acids is 1. The number of benzene rings is 1. The lowest BCUT2D eigenvalue weighted by Crippen LogP contribution is -2.45. The molecule has 2 aromatic rings. The number of hydrogen-bond acceptors (Lipinski definition) is 5. The SMILES string of the molecule is C[C@@H]1CN(c2ccccc2NC(=O)NCCCOCc2ccco2)C[C@@H](C)O1. The van der Waals surface area contributed by atoms with E-state index >= 15 is 0 Å². The molecule has 7 nitrogen and oxygen atoms in total. The van der Waals surface area contributed by atoms with Crippen molar-refractivity contribution in [3.63, 3.8) is 0 Å². The van der Waals surface area contributed by atoms with Gasteiger partial charge in [-0.05, 0) is 44.5 Å². The van der Waals surface area contributed by atoms with Gasteiger partial charge in [-0.1, -0.05) is 12.1 Å². The molecule has 1 fully saturated rings. The molecule has 0 aliphatic carbocycles. The van der Waals surface area contributed by atoms with Gasteiger partial charge in [0.1, 0.15) is 12.4 Å². The summed E-state index contributed by atoms with van der Waals surface area (Å²) >= 11 is 0. The molecule has 2 amide bonds. The second-order valence-electron chi connectivity index (χ2n) is 7.05. The van der Waals surface area contributed by atoms with Gasteiger partial charge in [0.15, 0.2) is 0 Å². The lowest BCUT2D eigenvalue weighted by atomic mass is 10.1. The van der Waals surface area contributed by atoms with Crippen molar-refractivity contribution in [1.82, 2.24) is 5.32 Å². The predicted molar refractivity (Wildman–Crippen MR) is 109 cm³/mol. The summed E-state index contributed by atoms with van der Waals surface area (Å²) in [4.78, 5) is 14.5. The smallest absolute Gasteiger partial charge is 0.319 e. The van der Waals surface area contributed by atoms with Gasteiger partial charge in [0, 0.05) is 26.2 Å². The molecular weight excluding hydrogens is 358 g/mol. The van der Waals surface area contributed by atoms with Crippen LogP contribution in [0.25, 0.3) is 0 Å². The van der Waals surface area contributed by atoms with Crippen LogP contribution in [0.15, 0.2) is 47.1 Å². The molecule has 0 unspecified atom stereocenters. The number of hydrogen-bond donors (Lipinski definition) is 2. The standard InChI is InChI=1S/C21H29N3O4/c1-16-13-24(14-17(2)28-16)20-9-4-3-8-19(20)23-21(25)22-10-6-11-26-15-18-7-5-12-27-18/h3-5,7-9,12,16-17H,6,10-11,13-15H2,1-2H3,(H2,22,23,25)/t16-,17-/m1/s1. The lowest BCUT2D eigenvalue weighted by Gasteiger charge is -2.37. The van der Waals surface area contributed by atoms with Crippen LogP contribution in [0.1, 0.15) is 26.0 Å². The lowest BCUT2D eigenvalue weighted by molar-refractivity contribution is -0.00517. The summed E-state index contributed by atoms with van der Waals surface area (Å²) in [6.07, 6.45) is 2.67. The van der Waals surface area contributed by atoms with E-state index in [0.717, 1.165) is 36.6 Å². The number of furan rings is 1. The second-order valence-corrected chi connectivity index (χ2v) is 7.05. The number of para-hydroxylation sites is 2. The zero-order valence-electron chi connectivity index (χ0n) is 16.5. The Morgan fingerprint density at radius 2 is 1.96 bits per heavy atom. The number of rotatable bonds is 8. The molecule has 0 bridgehead atoms.